The minimum absolute atomic E-state index is 0.275. The molecule has 1 aliphatic rings. The molecule has 2 aromatic carbocycles. The van der Waals surface area contributed by atoms with Gasteiger partial charge in [-0.25, -0.2) is 15.2 Å². The number of hydrogen-bond acceptors (Lipinski definition) is 4. The highest BCUT2D eigenvalue weighted by Gasteiger charge is 2.26. The monoisotopic (exact) mass is 424 g/mol. The lowest BCUT2D eigenvalue weighted by molar-refractivity contribution is 0.246. The summed E-state index contributed by atoms with van der Waals surface area (Å²) in [5, 5.41) is 14.6. The fourth-order valence-corrected chi connectivity index (χ4v) is 3.56. The molecule has 0 bridgehead atoms. The van der Waals surface area contributed by atoms with Crippen LogP contribution in [0.3, 0.4) is 0 Å². The van der Waals surface area contributed by atoms with Crippen LogP contribution in [-0.2, 0) is 0 Å². The van der Waals surface area contributed by atoms with E-state index < -0.39 is 11.9 Å². The third kappa shape index (κ3) is 3.78. The van der Waals surface area contributed by atoms with Crippen LogP contribution >= 0.6 is 47.0 Å². The summed E-state index contributed by atoms with van der Waals surface area (Å²) in [6.45, 7) is 0.309. The number of thiocarbonyl (C=S) groups is 1. The number of halogens is 3. The van der Waals surface area contributed by atoms with Crippen molar-refractivity contribution in [3.05, 3.63) is 62.6 Å². The van der Waals surface area contributed by atoms with Gasteiger partial charge in [-0.05, 0) is 29.8 Å². The Bertz CT molecular complexity index is 904. The number of carbonyl (C=O) groups excluding carboxylic acids is 1. The average Bonchev–Trinajstić information content (AvgIpc) is 2.59. The highest BCUT2D eigenvalue weighted by Crippen LogP contribution is 2.38. The molecule has 5 nitrogen and oxygen atoms in total. The summed E-state index contributed by atoms with van der Waals surface area (Å²) >= 11 is 23.7. The molecule has 132 valence electrons. The molecule has 2 N–H and O–H groups in total. The van der Waals surface area contributed by atoms with E-state index in [2.05, 4.69) is 16.8 Å². The van der Waals surface area contributed by atoms with Gasteiger partial charge < -0.3 is 0 Å². The van der Waals surface area contributed by atoms with Gasteiger partial charge in [-0.15, -0.1) is 0 Å². The van der Waals surface area contributed by atoms with Gasteiger partial charge in [0.25, 0.3) is 0 Å². The van der Waals surface area contributed by atoms with E-state index in [1.807, 2.05) is 0 Å². The van der Waals surface area contributed by atoms with Gasteiger partial charge in [0.2, 0.25) is 0 Å². The van der Waals surface area contributed by atoms with E-state index in [1.165, 1.54) is 5.01 Å². The average molecular weight is 426 g/mol. The second-order valence-corrected chi connectivity index (χ2v) is 7.20. The number of benzene rings is 2. The van der Waals surface area contributed by atoms with Crippen molar-refractivity contribution in [1.29, 1.82) is 5.26 Å². The molecular weight excluding hydrogens is 415 g/mol. The lowest BCUT2D eigenvalue weighted by Gasteiger charge is -2.29. The molecular formula is C17H11Cl3N4OS. The second-order valence-electron chi connectivity index (χ2n) is 5.46. The maximum atomic E-state index is 12.1. The van der Waals surface area contributed by atoms with Gasteiger partial charge in [-0.2, -0.15) is 5.26 Å². The predicted octanol–water partition coefficient (Wildman–Crippen LogP) is 4.66. The van der Waals surface area contributed by atoms with Gasteiger partial charge in [0.05, 0.1) is 29.2 Å². The molecule has 0 aromatic heterocycles. The zero-order chi connectivity index (χ0) is 18.8. The zero-order valence-electron chi connectivity index (χ0n) is 13.1. The van der Waals surface area contributed by atoms with Crippen LogP contribution in [0.4, 0.5) is 10.5 Å². The van der Waals surface area contributed by atoms with E-state index >= 15 is 0 Å². The summed E-state index contributed by atoms with van der Waals surface area (Å²) in [4.78, 5) is 12.5. The molecule has 1 fully saturated rings. The minimum Gasteiger partial charge on any atom is -0.299 e. The standard InChI is InChI=1S/C17H11Cl3N4OS/c18-10-3-1-9(2-4-10)12(7-21)16-13(19)5-11(6-14(16)20)24-17(25)23-15(26)8-22-24/h1-6,12,22H,8H2,(H,23,25,26). The molecule has 0 spiro atoms. The number of hydrazine groups is 1. The number of nitrogens with one attached hydrogen (secondary N) is 2. The van der Waals surface area contributed by atoms with Crippen LogP contribution in [0, 0.1) is 11.3 Å². The molecule has 26 heavy (non-hydrogen) atoms. The Morgan fingerprint density at radius 2 is 1.77 bits per heavy atom. The van der Waals surface area contributed by atoms with Crippen LogP contribution < -0.4 is 15.8 Å². The van der Waals surface area contributed by atoms with Gasteiger partial charge in [0.1, 0.15) is 0 Å². The van der Waals surface area contributed by atoms with Crippen molar-refractivity contribution in [2.75, 3.05) is 11.6 Å². The van der Waals surface area contributed by atoms with E-state index in [9.17, 15) is 10.1 Å². The first kappa shape index (κ1) is 18.9. The third-order valence-corrected chi connectivity index (χ3v) is 4.91. The molecule has 1 heterocycles. The number of amides is 2. The van der Waals surface area contributed by atoms with Crippen molar-refractivity contribution < 1.29 is 4.79 Å². The highest BCUT2D eigenvalue weighted by molar-refractivity contribution is 7.80. The molecule has 0 saturated carbocycles. The molecule has 9 heteroatoms. The molecule has 1 unspecified atom stereocenters. The van der Waals surface area contributed by atoms with Crippen molar-refractivity contribution in [2.24, 2.45) is 0 Å². The number of rotatable bonds is 3. The summed E-state index contributed by atoms with van der Waals surface area (Å²) in [5.74, 6) is -0.669. The van der Waals surface area contributed by atoms with Crippen LogP contribution in [0.25, 0.3) is 0 Å². The minimum atomic E-state index is -0.669. The van der Waals surface area contributed by atoms with Gasteiger partial charge in [0.15, 0.2) is 0 Å². The third-order valence-electron chi connectivity index (χ3n) is 3.79. The Hall–Kier alpha value is -1.88. The van der Waals surface area contributed by atoms with Gasteiger partial charge in [0, 0.05) is 20.6 Å². The fraction of sp³-hybridized carbons (Fsp3) is 0.118. The lowest BCUT2D eigenvalue weighted by Crippen LogP contribution is -2.58. The first-order valence-electron chi connectivity index (χ1n) is 7.42. The van der Waals surface area contributed by atoms with Crippen molar-refractivity contribution >= 4 is 63.7 Å². The Kier molecular flexibility index (Phi) is 5.66. The van der Waals surface area contributed by atoms with E-state index in [4.69, 9.17) is 47.0 Å². The highest BCUT2D eigenvalue weighted by atomic mass is 35.5. The smallest absolute Gasteiger partial charge is 0.299 e. The molecule has 1 atom stereocenters. The quantitative estimate of drug-likeness (QED) is 0.702. The molecule has 2 amide bonds. The van der Waals surface area contributed by atoms with Crippen LogP contribution in [-0.4, -0.2) is 17.6 Å². The first-order valence-corrected chi connectivity index (χ1v) is 8.96. The van der Waals surface area contributed by atoms with E-state index in [0.29, 0.717) is 33.4 Å². The number of anilines is 1. The van der Waals surface area contributed by atoms with Gasteiger partial charge in [-0.1, -0.05) is 59.2 Å². The number of urea groups is 1. The first-order chi connectivity index (χ1) is 12.4. The topological polar surface area (TPSA) is 68.2 Å². The number of carbonyl (C=O) groups is 1. The fourth-order valence-electron chi connectivity index (χ4n) is 2.59. The van der Waals surface area contributed by atoms with Gasteiger partial charge >= 0.3 is 6.03 Å². The van der Waals surface area contributed by atoms with Crippen LogP contribution in [0.1, 0.15) is 17.0 Å². The largest absolute Gasteiger partial charge is 0.341 e. The molecule has 2 aromatic rings. The van der Waals surface area contributed by atoms with Crippen LogP contribution in [0.2, 0.25) is 15.1 Å². The Morgan fingerprint density at radius 3 is 2.31 bits per heavy atom. The number of nitrogens with zero attached hydrogens (tertiary/aromatic N) is 2. The summed E-state index contributed by atoms with van der Waals surface area (Å²) in [7, 11) is 0. The SMILES string of the molecule is N#CC(c1ccc(Cl)cc1)c1c(Cl)cc(N2NCC(=S)NC2=O)cc1Cl. The van der Waals surface area contributed by atoms with E-state index in [-0.39, 0.29) is 10.0 Å². The predicted molar refractivity (Wildman–Crippen MR) is 107 cm³/mol. The maximum Gasteiger partial charge on any atom is 0.341 e. The van der Waals surface area contributed by atoms with Crippen molar-refractivity contribution in [3.63, 3.8) is 0 Å². The number of nitriles is 1. The Labute approximate surface area is 170 Å². The molecule has 0 aliphatic carbocycles. The maximum absolute atomic E-state index is 12.1. The Morgan fingerprint density at radius 1 is 1.15 bits per heavy atom. The summed E-state index contributed by atoms with van der Waals surface area (Å²) in [6, 6.07) is 11.8. The second kappa shape index (κ2) is 7.78. The van der Waals surface area contributed by atoms with Crippen molar-refractivity contribution in [3.8, 4) is 6.07 Å². The lowest BCUT2D eigenvalue weighted by atomic mass is 9.92. The van der Waals surface area contributed by atoms with Crippen LogP contribution in [0.5, 0.6) is 0 Å². The Balaban J connectivity index is 1.99. The summed E-state index contributed by atoms with van der Waals surface area (Å²) in [6.07, 6.45) is 0. The summed E-state index contributed by atoms with van der Waals surface area (Å²) < 4.78 is 0. The van der Waals surface area contributed by atoms with E-state index in [1.54, 1.807) is 36.4 Å². The molecule has 0 radical (unpaired) electrons. The van der Waals surface area contributed by atoms with Crippen molar-refractivity contribution in [1.82, 2.24) is 10.7 Å². The zero-order valence-corrected chi connectivity index (χ0v) is 16.2. The molecule has 1 saturated heterocycles. The van der Waals surface area contributed by atoms with Crippen molar-refractivity contribution in [2.45, 2.75) is 5.92 Å². The van der Waals surface area contributed by atoms with E-state index in [0.717, 1.165) is 0 Å². The molecule has 1 aliphatic heterocycles. The van der Waals surface area contributed by atoms with Crippen LogP contribution in [0.15, 0.2) is 36.4 Å². The molecule has 3 rings (SSSR count). The number of hydrogen-bond donors (Lipinski definition) is 2. The van der Waals surface area contributed by atoms with Gasteiger partial charge in [-0.3, -0.25) is 5.32 Å². The summed E-state index contributed by atoms with van der Waals surface area (Å²) in [5.41, 5.74) is 4.50. The normalized spacial score (nSPS) is 15.4.